The summed E-state index contributed by atoms with van der Waals surface area (Å²) in [5.41, 5.74) is 2.04. The molecule has 3 heterocycles. The van der Waals surface area contributed by atoms with E-state index in [0.717, 1.165) is 36.9 Å². The molecule has 2 aromatic heterocycles. The molecule has 2 N–H and O–H groups in total. The van der Waals surface area contributed by atoms with E-state index in [4.69, 9.17) is 0 Å². The number of hydrogen-bond donors (Lipinski definition) is 2. The summed E-state index contributed by atoms with van der Waals surface area (Å²) in [5, 5.41) is 3.35. The third kappa shape index (κ3) is 4.28. The predicted molar refractivity (Wildman–Crippen MR) is 119 cm³/mol. The molecule has 10 heteroatoms. The average molecular weight is 449 g/mol. The maximum absolute atomic E-state index is 13.2. The van der Waals surface area contributed by atoms with Gasteiger partial charge in [0, 0.05) is 62.9 Å². The SMILES string of the molecule is CCCc1cnc2c(C3CNCCN3C(=O)N(C)C)cc(S(=O)(=O)NC3(C)CC3)cn12. The van der Waals surface area contributed by atoms with Crippen LogP contribution in [0.4, 0.5) is 4.79 Å². The second-order valence-corrected chi connectivity index (χ2v) is 10.8. The van der Waals surface area contributed by atoms with Gasteiger partial charge in [-0.3, -0.25) is 0 Å². The van der Waals surface area contributed by atoms with Crippen LogP contribution in [0.25, 0.3) is 5.65 Å². The second kappa shape index (κ2) is 8.07. The highest BCUT2D eigenvalue weighted by molar-refractivity contribution is 7.89. The zero-order valence-corrected chi connectivity index (χ0v) is 19.5. The third-order valence-electron chi connectivity index (χ3n) is 6.11. The van der Waals surface area contributed by atoms with Crippen molar-refractivity contribution in [1.82, 2.24) is 29.2 Å². The number of carbonyl (C=O) groups excluding carboxylic acids is 1. The number of nitrogens with one attached hydrogen (secondary N) is 2. The Bertz CT molecular complexity index is 1090. The number of sulfonamides is 1. The molecule has 0 bridgehead atoms. The molecule has 1 aliphatic heterocycles. The number of amides is 2. The van der Waals surface area contributed by atoms with Gasteiger partial charge in [0.05, 0.1) is 10.9 Å². The summed E-state index contributed by atoms with van der Waals surface area (Å²) in [6, 6.07) is 1.29. The van der Waals surface area contributed by atoms with Gasteiger partial charge in [0.15, 0.2) is 0 Å². The Morgan fingerprint density at radius 3 is 2.77 bits per heavy atom. The Hall–Kier alpha value is -2.17. The van der Waals surface area contributed by atoms with E-state index in [1.807, 2.05) is 17.5 Å². The van der Waals surface area contributed by atoms with E-state index in [0.29, 0.717) is 25.3 Å². The lowest BCUT2D eigenvalue weighted by molar-refractivity contribution is 0.135. The highest BCUT2D eigenvalue weighted by Crippen LogP contribution is 2.36. The Morgan fingerprint density at radius 1 is 1.39 bits per heavy atom. The smallest absolute Gasteiger partial charge is 0.320 e. The molecule has 170 valence electrons. The second-order valence-electron chi connectivity index (χ2n) is 9.08. The van der Waals surface area contributed by atoms with Crippen molar-refractivity contribution >= 4 is 21.7 Å². The van der Waals surface area contributed by atoms with Crippen LogP contribution in [-0.4, -0.2) is 72.9 Å². The van der Waals surface area contributed by atoms with Gasteiger partial charge in [0.1, 0.15) is 5.65 Å². The summed E-state index contributed by atoms with van der Waals surface area (Å²) < 4.78 is 31.2. The molecule has 2 amide bonds. The van der Waals surface area contributed by atoms with E-state index < -0.39 is 10.0 Å². The number of hydrogen-bond acceptors (Lipinski definition) is 5. The molecular weight excluding hydrogens is 416 g/mol. The summed E-state index contributed by atoms with van der Waals surface area (Å²) in [5.74, 6) is 0. The Kier molecular flexibility index (Phi) is 5.74. The standard InChI is InChI=1S/C21H32N6O3S/c1-5-6-15-12-23-19-17(18-13-22-9-10-26(18)20(28)25(3)4)11-16(14-27(15)19)31(29,30)24-21(2)7-8-21/h11-12,14,18,22,24H,5-10,13H2,1-4H3. The zero-order chi connectivity index (χ0) is 22.4. The van der Waals surface area contributed by atoms with Gasteiger partial charge in [0.25, 0.3) is 0 Å². The van der Waals surface area contributed by atoms with Gasteiger partial charge in [-0.1, -0.05) is 13.3 Å². The number of piperazine rings is 1. The highest BCUT2D eigenvalue weighted by atomic mass is 32.2. The van der Waals surface area contributed by atoms with Crippen molar-refractivity contribution in [2.24, 2.45) is 0 Å². The fraction of sp³-hybridized carbons (Fsp3) is 0.619. The van der Waals surface area contributed by atoms with E-state index in [9.17, 15) is 13.2 Å². The topological polar surface area (TPSA) is 99.1 Å². The lowest BCUT2D eigenvalue weighted by Crippen LogP contribution is -2.51. The molecule has 0 radical (unpaired) electrons. The molecule has 1 aliphatic carbocycles. The van der Waals surface area contributed by atoms with Crippen molar-refractivity contribution < 1.29 is 13.2 Å². The lowest BCUT2D eigenvalue weighted by atomic mass is 10.0. The Balaban J connectivity index is 1.86. The number of aromatic nitrogens is 2. The van der Waals surface area contributed by atoms with Crippen molar-refractivity contribution in [3.8, 4) is 0 Å². The molecule has 0 spiro atoms. The van der Waals surface area contributed by atoms with Crippen LogP contribution in [-0.2, 0) is 16.4 Å². The molecule has 1 unspecified atom stereocenters. The average Bonchev–Trinajstić information content (AvgIpc) is 3.30. The van der Waals surface area contributed by atoms with Gasteiger partial charge in [-0.05, 0) is 32.3 Å². The Morgan fingerprint density at radius 2 is 2.13 bits per heavy atom. The molecule has 1 saturated heterocycles. The maximum atomic E-state index is 13.2. The lowest BCUT2D eigenvalue weighted by Gasteiger charge is -2.38. The van der Waals surface area contributed by atoms with Gasteiger partial charge in [-0.15, -0.1) is 0 Å². The van der Waals surface area contributed by atoms with Crippen LogP contribution in [0.1, 0.15) is 50.4 Å². The first-order valence-corrected chi connectivity index (χ1v) is 12.4. The van der Waals surface area contributed by atoms with Crippen LogP contribution in [0.15, 0.2) is 23.4 Å². The maximum Gasteiger partial charge on any atom is 0.320 e. The number of urea groups is 1. The molecule has 2 aromatic rings. The summed E-state index contributed by atoms with van der Waals surface area (Å²) >= 11 is 0. The summed E-state index contributed by atoms with van der Waals surface area (Å²) in [7, 11) is -0.246. The number of aryl methyl sites for hydroxylation is 1. The van der Waals surface area contributed by atoms with Gasteiger partial charge in [0.2, 0.25) is 10.0 Å². The molecule has 1 saturated carbocycles. The van der Waals surface area contributed by atoms with Gasteiger partial charge in [-0.25, -0.2) is 22.9 Å². The van der Waals surface area contributed by atoms with Crippen LogP contribution >= 0.6 is 0 Å². The van der Waals surface area contributed by atoms with Crippen LogP contribution in [0.2, 0.25) is 0 Å². The zero-order valence-electron chi connectivity index (χ0n) is 18.7. The van der Waals surface area contributed by atoms with E-state index >= 15 is 0 Å². The molecule has 0 aromatic carbocycles. The number of carbonyl (C=O) groups is 1. The van der Waals surface area contributed by atoms with E-state index in [1.165, 1.54) is 0 Å². The van der Waals surface area contributed by atoms with Crippen molar-refractivity contribution in [2.75, 3.05) is 33.7 Å². The summed E-state index contributed by atoms with van der Waals surface area (Å²) in [6.45, 7) is 5.79. The number of pyridine rings is 1. The fourth-order valence-corrected chi connectivity index (χ4v) is 5.61. The molecule has 31 heavy (non-hydrogen) atoms. The van der Waals surface area contributed by atoms with Gasteiger partial charge < -0.3 is 19.5 Å². The quantitative estimate of drug-likeness (QED) is 0.701. The van der Waals surface area contributed by atoms with E-state index in [1.54, 1.807) is 36.2 Å². The number of rotatable bonds is 6. The minimum atomic E-state index is -3.70. The van der Waals surface area contributed by atoms with E-state index in [2.05, 4.69) is 21.9 Å². The molecule has 9 nitrogen and oxygen atoms in total. The predicted octanol–water partition coefficient (Wildman–Crippen LogP) is 1.75. The minimum absolute atomic E-state index is 0.0955. The normalized spacial score (nSPS) is 20.8. The molecular formula is C21H32N6O3S. The summed E-state index contributed by atoms with van der Waals surface area (Å²) in [4.78, 5) is 21.1. The van der Waals surface area contributed by atoms with Crippen LogP contribution < -0.4 is 10.0 Å². The number of fused-ring (bicyclic) bond motifs is 1. The number of imidazole rings is 1. The molecule has 2 fully saturated rings. The van der Waals surface area contributed by atoms with E-state index in [-0.39, 0.29) is 22.5 Å². The van der Waals surface area contributed by atoms with Crippen molar-refractivity contribution in [3.05, 3.63) is 29.7 Å². The minimum Gasteiger partial charge on any atom is -0.331 e. The fourth-order valence-electron chi connectivity index (χ4n) is 4.11. The third-order valence-corrected chi connectivity index (χ3v) is 7.72. The molecule has 2 aliphatic rings. The first-order chi connectivity index (χ1) is 14.6. The van der Waals surface area contributed by atoms with Crippen LogP contribution in [0, 0.1) is 0 Å². The monoisotopic (exact) mass is 448 g/mol. The Labute approximate surface area is 183 Å². The molecule has 4 rings (SSSR count). The molecule has 1 atom stereocenters. The highest BCUT2D eigenvalue weighted by Gasteiger charge is 2.42. The van der Waals surface area contributed by atoms with Crippen molar-refractivity contribution in [1.29, 1.82) is 0 Å². The largest absolute Gasteiger partial charge is 0.331 e. The van der Waals surface area contributed by atoms with Crippen molar-refractivity contribution in [3.63, 3.8) is 0 Å². The van der Waals surface area contributed by atoms with Gasteiger partial charge in [-0.2, -0.15) is 0 Å². The van der Waals surface area contributed by atoms with Crippen molar-refractivity contribution in [2.45, 2.75) is 56.0 Å². The number of nitrogens with zero attached hydrogens (tertiary/aromatic N) is 4. The first-order valence-electron chi connectivity index (χ1n) is 10.9. The summed E-state index contributed by atoms with van der Waals surface area (Å²) in [6.07, 6.45) is 6.86. The first kappa shape index (κ1) is 22.0. The van der Waals surface area contributed by atoms with Crippen LogP contribution in [0.5, 0.6) is 0 Å². The van der Waals surface area contributed by atoms with Crippen LogP contribution in [0.3, 0.4) is 0 Å². The van der Waals surface area contributed by atoms with Gasteiger partial charge >= 0.3 is 6.03 Å².